The van der Waals surface area contributed by atoms with Crippen LogP contribution in [0.25, 0.3) is 0 Å². The molecule has 0 aromatic heterocycles. The van der Waals surface area contributed by atoms with E-state index in [2.05, 4.69) is 4.18 Å². The average molecular weight is 165 g/mol. The summed E-state index contributed by atoms with van der Waals surface area (Å²) in [6.45, 7) is 0. The van der Waals surface area contributed by atoms with E-state index >= 15 is 0 Å². The predicted octanol–water partition coefficient (Wildman–Crippen LogP) is -0.869. The van der Waals surface area contributed by atoms with Crippen LogP contribution in [0.5, 0.6) is 0 Å². The summed E-state index contributed by atoms with van der Waals surface area (Å²) in [5, 5.41) is 7.39. The quantitative estimate of drug-likeness (QED) is 0.310. The summed E-state index contributed by atoms with van der Waals surface area (Å²) < 4.78 is 29.3. The Bertz CT molecular complexity index is 184. The van der Waals surface area contributed by atoms with E-state index in [4.69, 9.17) is 9.81 Å². The maximum absolute atomic E-state index is 9.34. The maximum atomic E-state index is 9.34. The molecule has 1 N–H and O–H groups in total. The molecule has 0 saturated heterocycles. The van der Waals surface area contributed by atoms with Crippen molar-refractivity contribution in [2.24, 2.45) is 0 Å². The largest absolute Gasteiger partial charge is 2.00 e. The molecular formula is CH3CaNO4S. The Balaban J connectivity index is -0.0000000600. The van der Waals surface area contributed by atoms with Gasteiger partial charge in [-0.1, -0.05) is 0 Å². The first-order valence-electron chi connectivity index (χ1n) is 1.11. The second kappa shape index (κ2) is 4.35. The second-order valence-electron chi connectivity index (χ2n) is 0.602. The first-order valence-corrected chi connectivity index (χ1v) is 2.48. The van der Waals surface area contributed by atoms with Gasteiger partial charge in [0, 0.05) is 0 Å². The fourth-order valence-corrected chi connectivity index (χ4v) is 0.141. The van der Waals surface area contributed by atoms with Gasteiger partial charge < -0.3 is 2.85 Å². The van der Waals surface area contributed by atoms with Gasteiger partial charge in [-0.3, -0.25) is 8.74 Å². The van der Waals surface area contributed by atoms with Gasteiger partial charge >= 0.3 is 54.4 Å². The molecule has 7 heteroatoms. The smallest absolute Gasteiger partial charge is 1.00 e. The molecule has 0 unspecified atom stereocenters. The molecule has 0 aromatic carbocycles. The van der Waals surface area contributed by atoms with E-state index in [-0.39, 0.29) is 40.6 Å². The van der Waals surface area contributed by atoms with Crippen molar-refractivity contribution in [2.45, 2.75) is 0 Å². The first-order chi connectivity index (χ1) is 3.06. The second-order valence-corrected chi connectivity index (χ2v) is 1.62. The van der Waals surface area contributed by atoms with E-state index in [1.54, 1.807) is 0 Å². The molecule has 44 valence electrons. The van der Waals surface area contributed by atoms with Crippen molar-refractivity contribution in [1.29, 1.82) is 5.26 Å². The van der Waals surface area contributed by atoms with Crippen LogP contribution in [0.4, 0.5) is 0 Å². The Hall–Kier alpha value is 0.460. The van der Waals surface area contributed by atoms with E-state index in [9.17, 15) is 8.42 Å². The predicted molar refractivity (Wildman–Crippen MR) is 26.2 cm³/mol. The third kappa shape index (κ3) is 9.68. The summed E-state index contributed by atoms with van der Waals surface area (Å²) in [7, 11) is -4.54. The summed E-state index contributed by atoms with van der Waals surface area (Å²) in [5.74, 6) is 0. The van der Waals surface area contributed by atoms with E-state index in [0.717, 1.165) is 6.26 Å². The van der Waals surface area contributed by atoms with Gasteiger partial charge in [0.15, 0.2) is 0 Å². The van der Waals surface area contributed by atoms with Crippen molar-refractivity contribution in [3.8, 4) is 6.26 Å². The van der Waals surface area contributed by atoms with Gasteiger partial charge in [-0.15, -0.1) is 5.26 Å². The average Bonchev–Trinajstić information content (AvgIpc) is 1.30. The summed E-state index contributed by atoms with van der Waals surface area (Å²) in [4.78, 5) is 0. The van der Waals surface area contributed by atoms with Crippen LogP contribution in [0.2, 0.25) is 0 Å². The van der Waals surface area contributed by atoms with Crippen LogP contribution in [0.3, 0.4) is 0 Å². The van der Waals surface area contributed by atoms with E-state index < -0.39 is 10.4 Å². The molecule has 0 aliphatic heterocycles. The van der Waals surface area contributed by atoms with Gasteiger partial charge in [-0.2, -0.15) is 8.42 Å². The van der Waals surface area contributed by atoms with Gasteiger partial charge in [0.05, 0.1) is 0 Å². The van der Waals surface area contributed by atoms with Crippen LogP contribution in [0.1, 0.15) is 2.85 Å². The normalized spacial score (nSPS) is 8.50. The molecule has 0 fully saturated rings. The summed E-state index contributed by atoms with van der Waals surface area (Å²) in [6.07, 6.45) is 0.770. The molecule has 0 aliphatic rings. The molecule has 0 heterocycles. The van der Waals surface area contributed by atoms with Gasteiger partial charge in [0.1, 0.15) is 0 Å². The number of nitriles is 1. The zero-order valence-electron chi connectivity index (χ0n) is 5.73. The molecule has 0 radical (unpaired) electrons. The van der Waals surface area contributed by atoms with Gasteiger partial charge in [-0.05, 0) is 0 Å². The number of hydrogen-bond donors (Lipinski definition) is 1. The molecule has 5 nitrogen and oxygen atoms in total. The number of hydrogen-bond acceptors (Lipinski definition) is 4. The molecule has 0 bridgehead atoms. The van der Waals surface area contributed by atoms with Crippen molar-refractivity contribution in [2.75, 3.05) is 0 Å². The van der Waals surface area contributed by atoms with Crippen molar-refractivity contribution in [3.63, 3.8) is 0 Å². The van der Waals surface area contributed by atoms with Crippen molar-refractivity contribution in [1.82, 2.24) is 0 Å². The van der Waals surface area contributed by atoms with Gasteiger partial charge in [0.25, 0.3) is 0 Å². The fourth-order valence-electron chi connectivity index (χ4n) is 0.0471. The van der Waals surface area contributed by atoms with Crippen molar-refractivity contribution >= 4 is 48.1 Å². The third-order valence-electron chi connectivity index (χ3n) is 0.143. The Morgan fingerprint density at radius 2 is 2.12 bits per heavy atom. The van der Waals surface area contributed by atoms with Gasteiger partial charge in [-0.25, -0.2) is 0 Å². The molecule has 0 rings (SSSR count). The minimum Gasteiger partial charge on any atom is -1.00 e. The number of nitrogens with zero attached hydrogens (tertiary/aromatic N) is 1. The molecule has 0 aromatic rings. The molecule has 8 heavy (non-hydrogen) atoms. The van der Waals surface area contributed by atoms with E-state index in [0.29, 0.717) is 0 Å². The topological polar surface area (TPSA) is 87.4 Å². The van der Waals surface area contributed by atoms with Crippen LogP contribution < -0.4 is 0 Å². The summed E-state index contributed by atoms with van der Waals surface area (Å²) >= 11 is 0. The van der Waals surface area contributed by atoms with Crippen LogP contribution in [0, 0.1) is 11.5 Å². The summed E-state index contributed by atoms with van der Waals surface area (Å²) in [6, 6.07) is 0. The minimum absolute atomic E-state index is 0. The third-order valence-corrected chi connectivity index (χ3v) is 0.428. The Kier molecular flexibility index (Phi) is 6.13. The molecule has 0 amide bonds. The van der Waals surface area contributed by atoms with Crippen molar-refractivity contribution in [3.05, 3.63) is 0 Å². The van der Waals surface area contributed by atoms with Crippen LogP contribution in [-0.4, -0.2) is 50.7 Å². The van der Waals surface area contributed by atoms with Crippen LogP contribution in [0.15, 0.2) is 0 Å². The standard InChI is InChI=1S/CHNO4S.Ca.2H/c2-1-6-7(3,4)5;;;/h(H,3,4,5);;;/q;+2;2*-1. The monoisotopic (exact) mass is 165 g/mol. The summed E-state index contributed by atoms with van der Waals surface area (Å²) in [5.41, 5.74) is 0. The minimum atomic E-state index is -4.54. The molecule has 0 saturated carbocycles. The molecule has 0 aliphatic carbocycles. The SMILES string of the molecule is N#COS(=O)(=O)O.[Ca+2].[H-].[H-]. The van der Waals surface area contributed by atoms with E-state index in [1.807, 2.05) is 0 Å². The zero-order valence-corrected chi connectivity index (χ0v) is 6.76. The Morgan fingerprint density at radius 3 is 2.12 bits per heavy atom. The maximum Gasteiger partial charge on any atom is 2.00 e. The molecular weight excluding hydrogens is 162 g/mol. The van der Waals surface area contributed by atoms with E-state index in [1.165, 1.54) is 0 Å². The molecule has 0 atom stereocenters. The zero-order chi connectivity index (χ0) is 5.91. The fraction of sp³-hybridized carbons (Fsp3) is 0. The van der Waals surface area contributed by atoms with Crippen molar-refractivity contribution < 1.29 is 20.0 Å². The van der Waals surface area contributed by atoms with Gasteiger partial charge in [0.2, 0.25) is 0 Å². The Labute approximate surface area is 79.2 Å². The van der Waals surface area contributed by atoms with Crippen LogP contribution >= 0.6 is 0 Å². The number of rotatable bonds is 1. The molecule has 0 spiro atoms. The van der Waals surface area contributed by atoms with Crippen LogP contribution in [-0.2, 0) is 14.6 Å². The Morgan fingerprint density at radius 1 is 1.75 bits per heavy atom. The first kappa shape index (κ1) is 11.3.